The van der Waals surface area contributed by atoms with Gasteiger partial charge >= 0.3 is 0 Å². The molecule has 0 aliphatic heterocycles. The van der Waals surface area contributed by atoms with E-state index in [9.17, 15) is 5.11 Å². The molecule has 1 heterocycles. The zero-order valence-electron chi connectivity index (χ0n) is 12.0. The first-order valence-corrected chi connectivity index (χ1v) is 6.72. The summed E-state index contributed by atoms with van der Waals surface area (Å²) in [5.74, 6) is 0. The van der Waals surface area contributed by atoms with Gasteiger partial charge in [0, 0.05) is 45.3 Å². The fraction of sp³-hybridized carbons (Fsp3) is 0.312. The predicted octanol–water partition coefficient (Wildman–Crippen LogP) is 1.97. The Morgan fingerprint density at radius 1 is 1.10 bits per heavy atom. The fourth-order valence-electron chi connectivity index (χ4n) is 1.97. The Labute approximate surface area is 120 Å². The van der Waals surface area contributed by atoms with Crippen molar-refractivity contribution >= 4 is 5.69 Å². The van der Waals surface area contributed by atoms with Crippen LogP contribution in [-0.2, 0) is 6.54 Å². The van der Waals surface area contributed by atoms with E-state index in [1.54, 1.807) is 12.4 Å². The third-order valence-electron chi connectivity index (χ3n) is 3.21. The van der Waals surface area contributed by atoms with Gasteiger partial charge < -0.3 is 15.3 Å². The second kappa shape index (κ2) is 7.03. The second-order valence-corrected chi connectivity index (χ2v) is 4.99. The van der Waals surface area contributed by atoms with Crippen LogP contribution in [0.4, 0.5) is 5.69 Å². The molecule has 2 rings (SSSR count). The van der Waals surface area contributed by atoms with Gasteiger partial charge in [-0.05, 0) is 35.4 Å². The summed E-state index contributed by atoms with van der Waals surface area (Å²) in [6.45, 7) is 1.27. The smallest absolute Gasteiger partial charge is 0.0915 e. The molecule has 0 radical (unpaired) electrons. The maximum absolute atomic E-state index is 10.0. The highest BCUT2D eigenvalue weighted by Gasteiger charge is 2.06. The average Bonchev–Trinajstić information content (AvgIpc) is 2.48. The number of aromatic nitrogens is 1. The third kappa shape index (κ3) is 4.05. The van der Waals surface area contributed by atoms with Crippen LogP contribution in [0, 0.1) is 0 Å². The van der Waals surface area contributed by atoms with Crippen molar-refractivity contribution in [2.45, 2.75) is 12.6 Å². The molecule has 0 fully saturated rings. The first-order valence-electron chi connectivity index (χ1n) is 6.72. The molecule has 20 heavy (non-hydrogen) atoms. The number of benzene rings is 1. The monoisotopic (exact) mass is 271 g/mol. The molecule has 1 aromatic carbocycles. The van der Waals surface area contributed by atoms with Gasteiger partial charge in [0.05, 0.1) is 6.10 Å². The van der Waals surface area contributed by atoms with E-state index in [-0.39, 0.29) is 0 Å². The maximum atomic E-state index is 10.0. The standard InChI is InChI=1S/C16H21N3O/c1-19(2)15-5-3-13(4-6-15)11-18-12-16(20)14-7-9-17-10-8-14/h3-10,16,18,20H,11-12H2,1-2H3. The van der Waals surface area contributed by atoms with Crippen LogP contribution in [-0.4, -0.2) is 30.7 Å². The first kappa shape index (κ1) is 14.5. The van der Waals surface area contributed by atoms with E-state index in [0.717, 1.165) is 12.1 Å². The van der Waals surface area contributed by atoms with Gasteiger partial charge in [0.2, 0.25) is 0 Å². The van der Waals surface area contributed by atoms with E-state index in [1.165, 1.54) is 11.3 Å². The lowest BCUT2D eigenvalue weighted by molar-refractivity contribution is 0.174. The predicted molar refractivity (Wildman–Crippen MR) is 81.7 cm³/mol. The Bertz CT molecular complexity index is 511. The normalized spacial score (nSPS) is 12.2. The minimum atomic E-state index is -0.501. The number of hydrogen-bond donors (Lipinski definition) is 2. The molecule has 0 amide bonds. The third-order valence-corrected chi connectivity index (χ3v) is 3.21. The molecule has 4 nitrogen and oxygen atoms in total. The lowest BCUT2D eigenvalue weighted by Crippen LogP contribution is -2.21. The maximum Gasteiger partial charge on any atom is 0.0915 e. The van der Waals surface area contributed by atoms with Crippen LogP contribution in [0.25, 0.3) is 0 Å². The minimum Gasteiger partial charge on any atom is -0.387 e. The number of nitrogens with zero attached hydrogens (tertiary/aromatic N) is 2. The Kier molecular flexibility index (Phi) is 5.09. The van der Waals surface area contributed by atoms with Crippen LogP contribution in [0.2, 0.25) is 0 Å². The van der Waals surface area contributed by atoms with Crippen molar-refractivity contribution < 1.29 is 5.11 Å². The molecule has 0 aliphatic rings. The van der Waals surface area contributed by atoms with Gasteiger partial charge in [-0.25, -0.2) is 0 Å². The van der Waals surface area contributed by atoms with Crippen LogP contribution in [0.1, 0.15) is 17.2 Å². The summed E-state index contributed by atoms with van der Waals surface area (Å²) in [5.41, 5.74) is 3.28. The highest BCUT2D eigenvalue weighted by Crippen LogP contribution is 2.13. The molecule has 0 bridgehead atoms. The number of aliphatic hydroxyl groups excluding tert-OH is 1. The summed E-state index contributed by atoms with van der Waals surface area (Å²) < 4.78 is 0. The van der Waals surface area contributed by atoms with E-state index >= 15 is 0 Å². The molecule has 1 unspecified atom stereocenters. The molecule has 0 saturated carbocycles. The van der Waals surface area contributed by atoms with Crippen molar-refractivity contribution in [3.63, 3.8) is 0 Å². The summed E-state index contributed by atoms with van der Waals surface area (Å²) in [6, 6.07) is 12.0. The Morgan fingerprint density at radius 3 is 2.35 bits per heavy atom. The van der Waals surface area contributed by atoms with Crippen LogP contribution in [0.15, 0.2) is 48.8 Å². The number of hydrogen-bond acceptors (Lipinski definition) is 4. The summed E-state index contributed by atoms with van der Waals surface area (Å²) in [5, 5.41) is 13.3. The van der Waals surface area contributed by atoms with Gasteiger partial charge in [-0.2, -0.15) is 0 Å². The Balaban J connectivity index is 1.81. The zero-order valence-corrected chi connectivity index (χ0v) is 12.0. The van der Waals surface area contributed by atoms with Crippen LogP contribution < -0.4 is 10.2 Å². The SMILES string of the molecule is CN(C)c1ccc(CNCC(O)c2ccncc2)cc1. The molecular weight excluding hydrogens is 250 g/mol. The summed E-state index contributed by atoms with van der Waals surface area (Å²) in [6.07, 6.45) is 2.89. The highest BCUT2D eigenvalue weighted by molar-refractivity contribution is 5.45. The van der Waals surface area contributed by atoms with Gasteiger partial charge in [-0.3, -0.25) is 4.98 Å². The molecule has 1 aromatic heterocycles. The van der Waals surface area contributed by atoms with Gasteiger partial charge in [-0.15, -0.1) is 0 Å². The molecule has 4 heteroatoms. The Morgan fingerprint density at radius 2 is 1.75 bits per heavy atom. The summed E-state index contributed by atoms with van der Waals surface area (Å²) >= 11 is 0. The van der Waals surface area contributed by atoms with Gasteiger partial charge in [-0.1, -0.05) is 12.1 Å². The summed E-state index contributed by atoms with van der Waals surface area (Å²) in [7, 11) is 4.05. The number of nitrogens with one attached hydrogen (secondary N) is 1. The van der Waals surface area contributed by atoms with E-state index in [4.69, 9.17) is 0 Å². The molecule has 0 saturated heterocycles. The Hall–Kier alpha value is -1.91. The fourth-order valence-corrected chi connectivity index (χ4v) is 1.97. The lowest BCUT2D eigenvalue weighted by Gasteiger charge is -2.14. The topological polar surface area (TPSA) is 48.4 Å². The van der Waals surface area contributed by atoms with Crippen LogP contribution in [0.5, 0.6) is 0 Å². The van der Waals surface area contributed by atoms with Crippen molar-refractivity contribution in [1.29, 1.82) is 0 Å². The first-order chi connectivity index (χ1) is 9.66. The average molecular weight is 271 g/mol. The molecule has 106 valence electrons. The number of anilines is 1. The van der Waals surface area contributed by atoms with Crippen LogP contribution >= 0.6 is 0 Å². The number of rotatable bonds is 6. The second-order valence-electron chi connectivity index (χ2n) is 4.99. The van der Waals surface area contributed by atoms with Crippen LogP contribution in [0.3, 0.4) is 0 Å². The van der Waals surface area contributed by atoms with Gasteiger partial charge in [0.1, 0.15) is 0 Å². The van der Waals surface area contributed by atoms with E-state index in [1.807, 2.05) is 26.2 Å². The highest BCUT2D eigenvalue weighted by atomic mass is 16.3. The van der Waals surface area contributed by atoms with Gasteiger partial charge in [0.25, 0.3) is 0 Å². The number of pyridine rings is 1. The van der Waals surface area contributed by atoms with Crippen molar-refractivity contribution in [3.05, 3.63) is 59.9 Å². The molecule has 2 N–H and O–H groups in total. The van der Waals surface area contributed by atoms with Gasteiger partial charge in [0.15, 0.2) is 0 Å². The van der Waals surface area contributed by atoms with Crippen molar-refractivity contribution in [2.75, 3.05) is 25.5 Å². The van der Waals surface area contributed by atoms with Crippen molar-refractivity contribution in [1.82, 2.24) is 10.3 Å². The largest absolute Gasteiger partial charge is 0.387 e. The molecule has 0 aliphatic carbocycles. The minimum absolute atomic E-state index is 0.501. The van der Waals surface area contributed by atoms with Crippen molar-refractivity contribution in [3.8, 4) is 0 Å². The molecule has 2 aromatic rings. The van der Waals surface area contributed by atoms with Crippen molar-refractivity contribution in [2.24, 2.45) is 0 Å². The molecular formula is C16H21N3O. The molecule has 0 spiro atoms. The van der Waals surface area contributed by atoms with E-state index < -0.39 is 6.10 Å². The van der Waals surface area contributed by atoms with E-state index in [2.05, 4.69) is 39.5 Å². The zero-order chi connectivity index (χ0) is 14.4. The summed E-state index contributed by atoms with van der Waals surface area (Å²) in [4.78, 5) is 6.02. The number of aliphatic hydroxyl groups is 1. The molecule has 1 atom stereocenters. The quantitative estimate of drug-likeness (QED) is 0.843. The van der Waals surface area contributed by atoms with E-state index in [0.29, 0.717) is 6.54 Å². The lowest BCUT2D eigenvalue weighted by atomic mass is 10.1.